The lowest BCUT2D eigenvalue weighted by atomic mass is 10.0. The van der Waals surface area contributed by atoms with E-state index in [0.29, 0.717) is 18.9 Å². The molecule has 1 saturated heterocycles. The van der Waals surface area contributed by atoms with Crippen LogP contribution in [0.1, 0.15) is 26.2 Å². The van der Waals surface area contributed by atoms with E-state index in [-0.39, 0.29) is 18.1 Å². The van der Waals surface area contributed by atoms with Gasteiger partial charge in [-0.25, -0.2) is 13.2 Å². The van der Waals surface area contributed by atoms with Gasteiger partial charge in [-0.3, -0.25) is 4.79 Å². The number of sulfone groups is 1. The number of hydrogen-bond acceptors (Lipinski definition) is 4. The maximum absolute atomic E-state index is 12.2. The Morgan fingerprint density at radius 2 is 2.05 bits per heavy atom. The van der Waals surface area contributed by atoms with Crippen molar-refractivity contribution < 1.29 is 23.1 Å². The van der Waals surface area contributed by atoms with Gasteiger partial charge in [-0.15, -0.1) is 0 Å². The van der Waals surface area contributed by atoms with Gasteiger partial charge >= 0.3 is 12.0 Å². The Balaban J connectivity index is 1.98. The molecule has 1 unspecified atom stereocenters. The largest absolute Gasteiger partial charge is 0.480 e. The van der Waals surface area contributed by atoms with E-state index in [2.05, 4.69) is 5.32 Å². The quantitative estimate of drug-likeness (QED) is 0.748. The first kappa shape index (κ1) is 15.1. The fourth-order valence-electron chi connectivity index (χ4n) is 2.44. The van der Waals surface area contributed by atoms with Crippen molar-refractivity contribution >= 4 is 21.8 Å². The highest BCUT2D eigenvalue weighted by molar-refractivity contribution is 7.91. The van der Waals surface area contributed by atoms with Crippen molar-refractivity contribution in [2.75, 3.05) is 24.6 Å². The van der Waals surface area contributed by atoms with Crippen molar-refractivity contribution in [3.05, 3.63) is 0 Å². The lowest BCUT2D eigenvalue weighted by Crippen LogP contribution is -2.53. The molecule has 1 aliphatic carbocycles. The summed E-state index contributed by atoms with van der Waals surface area (Å²) in [5.41, 5.74) is -0.795. The molecule has 7 nitrogen and oxygen atoms in total. The minimum absolute atomic E-state index is 0.0608. The van der Waals surface area contributed by atoms with Crippen LogP contribution in [0.4, 0.5) is 4.79 Å². The molecule has 1 atom stereocenters. The Bertz CT molecular complexity index is 514. The third-order valence-electron chi connectivity index (χ3n) is 3.70. The number of nitrogens with one attached hydrogen (secondary N) is 1. The fourth-order valence-corrected chi connectivity index (χ4v) is 4.53. The zero-order chi connectivity index (χ0) is 15.0. The van der Waals surface area contributed by atoms with Crippen LogP contribution in [0.3, 0.4) is 0 Å². The Morgan fingerprint density at radius 1 is 1.40 bits per heavy atom. The Kier molecular flexibility index (Phi) is 3.95. The number of hydrogen-bond donors (Lipinski definition) is 2. The summed E-state index contributed by atoms with van der Waals surface area (Å²) >= 11 is 0. The first-order valence-electron chi connectivity index (χ1n) is 6.68. The highest BCUT2D eigenvalue weighted by Crippen LogP contribution is 2.30. The molecular formula is C12H20N2O5S. The van der Waals surface area contributed by atoms with Gasteiger partial charge in [0.1, 0.15) is 6.54 Å². The third kappa shape index (κ3) is 4.09. The minimum Gasteiger partial charge on any atom is -0.480 e. The van der Waals surface area contributed by atoms with Crippen LogP contribution in [0.25, 0.3) is 0 Å². The molecule has 1 saturated carbocycles. The predicted molar refractivity (Wildman–Crippen MR) is 72.1 cm³/mol. The fraction of sp³-hybridized carbons (Fsp3) is 0.833. The van der Waals surface area contributed by atoms with Crippen LogP contribution in [0.5, 0.6) is 0 Å². The van der Waals surface area contributed by atoms with Gasteiger partial charge in [0.05, 0.1) is 17.0 Å². The Hall–Kier alpha value is -1.31. The van der Waals surface area contributed by atoms with Crippen molar-refractivity contribution in [1.29, 1.82) is 0 Å². The predicted octanol–water partition coefficient (Wildman–Crippen LogP) is 0.0698. The highest BCUT2D eigenvalue weighted by Gasteiger charge is 2.40. The molecule has 1 heterocycles. The topological polar surface area (TPSA) is 104 Å². The average Bonchev–Trinajstić information content (AvgIpc) is 3.04. The molecular weight excluding hydrogens is 284 g/mol. The van der Waals surface area contributed by atoms with Crippen molar-refractivity contribution in [3.8, 4) is 0 Å². The Morgan fingerprint density at radius 3 is 2.50 bits per heavy atom. The summed E-state index contributed by atoms with van der Waals surface area (Å²) in [6.45, 7) is 1.75. The molecule has 2 aliphatic rings. The smallest absolute Gasteiger partial charge is 0.323 e. The molecule has 0 aromatic heterocycles. The molecule has 1 aliphatic heterocycles. The first-order valence-corrected chi connectivity index (χ1v) is 8.51. The van der Waals surface area contributed by atoms with Gasteiger partial charge in [-0.1, -0.05) is 0 Å². The number of carboxylic acid groups (broad SMARTS) is 1. The molecule has 2 fully saturated rings. The van der Waals surface area contributed by atoms with Gasteiger partial charge in [0, 0.05) is 6.54 Å². The van der Waals surface area contributed by atoms with Crippen LogP contribution in [0.2, 0.25) is 0 Å². The summed E-state index contributed by atoms with van der Waals surface area (Å²) in [4.78, 5) is 24.2. The van der Waals surface area contributed by atoms with Crippen LogP contribution in [0, 0.1) is 5.92 Å². The number of amides is 2. The third-order valence-corrected chi connectivity index (χ3v) is 5.60. The summed E-state index contributed by atoms with van der Waals surface area (Å²) in [5.74, 6) is -0.716. The molecule has 2 N–H and O–H groups in total. The number of nitrogens with zero attached hydrogens (tertiary/aromatic N) is 1. The lowest BCUT2D eigenvalue weighted by Gasteiger charge is -2.29. The molecule has 2 rings (SSSR count). The monoisotopic (exact) mass is 304 g/mol. The summed E-state index contributed by atoms with van der Waals surface area (Å²) in [5, 5.41) is 11.6. The van der Waals surface area contributed by atoms with E-state index in [0.717, 1.165) is 12.8 Å². The van der Waals surface area contributed by atoms with Crippen LogP contribution in [-0.2, 0) is 14.6 Å². The standard InChI is InChI=1S/C12H20N2O5S/c1-12(4-5-20(18,19)8-12)13-11(17)14(7-10(15)16)6-9-2-3-9/h9H,2-8H2,1H3,(H,13,17)(H,15,16). The number of carbonyl (C=O) groups excluding carboxylic acids is 1. The molecule has 0 spiro atoms. The van der Waals surface area contributed by atoms with E-state index >= 15 is 0 Å². The summed E-state index contributed by atoms with van der Waals surface area (Å²) < 4.78 is 23.0. The van der Waals surface area contributed by atoms with Crippen molar-refractivity contribution in [2.24, 2.45) is 5.92 Å². The van der Waals surface area contributed by atoms with E-state index in [4.69, 9.17) is 5.11 Å². The SMILES string of the molecule is CC1(NC(=O)N(CC(=O)O)CC2CC2)CCS(=O)(=O)C1. The number of aliphatic carboxylic acids is 1. The second kappa shape index (κ2) is 5.23. The molecule has 0 radical (unpaired) electrons. The zero-order valence-electron chi connectivity index (χ0n) is 11.5. The van der Waals surface area contributed by atoms with Gasteiger partial charge in [-0.05, 0) is 32.1 Å². The van der Waals surface area contributed by atoms with Gasteiger partial charge in [0.25, 0.3) is 0 Å². The van der Waals surface area contributed by atoms with Gasteiger partial charge < -0.3 is 15.3 Å². The summed E-state index contributed by atoms with van der Waals surface area (Å²) in [7, 11) is -3.11. The molecule has 0 aromatic rings. The second-order valence-electron chi connectivity index (χ2n) is 6.05. The van der Waals surface area contributed by atoms with Gasteiger partial charge in [0.2, 0.25) is 0 Å². The van der Waals surface area contributed by atoms with E-state index in [9.17, 15) is 18.0 Å². The second-order valence-corrected chi connectivity index (χ2v) is 8.23. The van der Waals surface area contributed by atoms with Gasteiger partial charge in [0.15, 0.2) is 9.84 Å². The van der Waals surface area contributed by atoms with E-state index in [1.165, 1.54) is 4.90 Å². The molecule has 0 aromatic carbocycles. The molecule has 114 valence electrons. The highest BCUT2D eigenvalue weighted by atomic mass is 32.2. The zero-order valence-corrected chi connectivity index (χ0v) is 12.3. The van der Waals surface area contributed by atoms with Crippen LogP contribution < -0.4 is 5.32 Å². The summed E-state index contributed by atoms with van der Waals surface area (Å²) in [6.07, 6.45) is 2.38. The van der Waals surface area contributed by atoms with Crippen LogP contribution >= 0.6 is 0 Å². The molecule has 2 amide bonds. The summed E-state index contributed by atoms with van der Waals surface area (Å²) in [6, 6.07) is -0.487. The Labute approximate surface area is 118 Å². The van der Waals surface area contributed by atoms with E-state index in [1.807, 2.05) is 0 Å². The number of carboxylic acids is 1. The van der Waals surface area contributed by atoms with Crippen molar-refractivity contribution in [1.82, 2.24) is 10.2 Å². The van der Waals surface area contributed by atoms with Crippen molar-refractivity contribution in [3.63, 3.8) is 0 Å². The maximum atomic E-state index is 12.2. The van der Waals surface area contributed by atoms with Crippen molar-refractivity contribution in [2.45, 2.75) is 31.7 Å². The molecule has 8 heteroatoms. The van der Waals surface area contributed by atoms with Crippen LogP contribution in [0.15, 0.2) is 0 Å². The minimum atomic E-state index is -3.11. The van der Waals surface area contributed by atoms with E-state index in [1.54, 1.807) is 6.92 Å². The normalized spacial score (nSPS) is 28.1. The maximum Gasteiger partial charge on any atom is 0.323 e. The molecule has 20 heavy (non-hydrogen) atoms. The number of urea groups is 1. The van der Waals surface area contributed by atoms with Gasteiger partial charge in [-0.2, -0.15) is 0 Å². The number of rotatable bonds is 5. The first-order chi connectivity index (χ1) is 9.19. The lowest BCUT2D eigenvalue weighted by molar-refractivity contribution is -0.137. The van der Waals surface area contributed by atoms with E-state index < -0.39 is 27.4 Å². The number of carbonyl (C=O) groups is 2. The molecule has 0 bridgehead atoms. The van der Waals surface area contributed by atoms with Crippen LogP contribution in [-0.4, -0.2) is 60.6 Å². The average molecular weight is 304 g/mol.